The van der Waals surface area contributed by atoms with Crippen LogP contribution in [0.4, 0.5) is 0 Å². The number of rotatable bonds is 0. The first-order chi connectivity index (χ1) is 5.83. The summed E-state index contributed by atoms with van der Waals surface area (Å²) in [5.74, 6) is 0.389. The number of ketones is 1. The Hall–Kier alpha value is -1.18. The van der Waals surface area contributed by atoms with Crippen molar-refractivity contribution in [2.45, 2.75) is 4.90 Å². The molecular weight excluding hydrogens is 172 g/mol. The lowest BCUT2D eigenvalue weighted by atomic mass is 10.2. The van der Waals surface area contributed by atoms with Gasteiger partial charge in [0.1, 0.15) is 0 Å². The fraction of sp³-hybridized carbons (Fsp3) is 0.111. The molecule has 1 aliphatic heterocycles. The fourth-order valence-electron chi connectivity index (χ4n) is 1.27. The van der Waals surface area contributed by atoms with Crippen molar-refractivity contribution in [1.29, 1.82) is 0 Å². The second-order valence-corrected chi connectivity index (χ2v) is 4.21. The molecule has 0 bridgehead atoms. The number of hydrogen-bond donors (Lipinski definition) is 0. The van der Waals surface area contributed by atoms with E-state index >= 15 is 0 Å². The van der Waals surface area contributed by atoms with Gasteiger partial charge in [0.2, 0.25) is 0 Å². The van der Waals surface area contributed by atoms with Crippen molar-refractivity contribution in [2.24, 2.45) is 0 Å². The summed E-state index contributed by atoms with van der Waals surface area (Å²) in [7, 11) is -0.594. The van der Waals surface area contributed by atoms with Crippen LogP contribution in [0, 0.1) is 0 Å². The van der Waals surface area contributed by atoms with E-state index in [9.17, 15) is 9.59 Å². The number of fused-ring (bicyclic) bond motifs is 1. The first-order valence-electron chi connectivity index (χ1n) is 3.54. The third-order valence-corrected chi connectivity index (χ3v) is 3.47. The first-order valence-corrected chi connectivity index (χ1v) is 4.93. The summed E-state index contributed by atoms with van der Waals surface area (Å²) in [6, 6.07) is 7.25. The summed E-state index contributed by atoms with van der Waals surface area (Å²) in [6.07, 6.45) is 0. The van der Waals surface area contributed by atoms with Crippen LogP contribution in [0.5, 0.6) is 0 Å². The zero-order valence-corrected chi connectivity index (χ0v) is 7.06. The second-order valence-electron chi connectivity index (χ2n) is 2.54. The maximum Gasteiger partial charge on any atom is 0.174 e. The summed E-state index contributed by atoms with van der Waals surface area (Å²) < 4.78 is 0. The quantitative estimate of drug-likeness (QED) is 0.565. The van der Waals surface area contributed by atoms with E-state index in [1.54, 1.807) is 6.07 Å². The molecule has 3 heteroatoms. The van der Waals surface area contributed by atoms with Crippen molar-refractivity contribution in [3.8, 4) is 0 Å². The minimum Gasteiger partial charge on any atom is -0.293 e. The van der Waals surface area contributed by atoms with E-state index in [1.807, 2.05) is 23.4 Å². The van der Waals surface area contributed by atoms with Crippen LogP contribution < -0.4 is 0 Å². The number of carbonyl (C=O) groups is 1. The van der Waals surface area contributed by atoms with Gasteiger partial charge in [0.25, 0.3) is 0 Å². The predicted octanol–water partition coefficient (Wildman–Crippen LogP) is 1.58. The first kappa shape index (κ1) is 7.47. The van der Waals surface area contributed by atoms with Crippen molar-refractivity contribution in [3.63, 3.8) is 0 Å². The molecule has 0 radical (unpaired) electrons. The molecule has 12 heavy (non-hydrogen) atoms. The van der Waals surface area contributed by atoms with Gasteiger partial charge in [-0.05, 0) is 6.07 Å². The highest BCUT2D eigenvalue weighted by molar-refractivity contribution is 8.15. The molecule has 60 valence electrons. The Labute approximate surface area is 72.1 Å². The van der Waals surface area contributed by atoms with Gasteiger partial charge < -0.3 is 0 Å². The number of carbonyl (C=O) groups excluding carboxylic acids is 2. The highest BCUT2D eigenvalue weighted by Gasteiger charge is 2.22. The van der Waals surface area contributed by atoms with Crippen LogP contribution in [0.3, 0.4) is 0 Å². The number of Topliss-reactive ketones (excluding diaryl/α,β-unsaturated/α-hetero) is 1. The normalized spacial score (nSPS) is 20.3. The van der Waals surface area contributed by atoms with Crippen LogP contribution in [0.1, 0.15) is 10.4 Å². The van der Waals surface area contributed by atoms with Crippen LogP contribution in [-0.2, 0) is 4.79 Å². The summed E-state index contributed by atoms with van der Waals surface area (Å²) in [5, 5.41) is 1.91. The highest BCUT2D eigenvalue weighted by Crippen LogP contribution is 2.35. The molecule has 0 amide bonds. The molecule has 2 rings (SSSR count). The number of hydrogen-bond acceptors (Lipinski definition) is 2. The van der Waals surface area contributed by atoms with Crippen LogP contribution in [0.25, 0.3) is 0 Å². The molecule has 1 aromatic rings. The molecule has 0 N–H and O–H groups in total. The molecule has 0 fully saturated rings. The lowest BCUT2D eigenvalue weighted by molar-refractivity contribution is 0.102. The Bertz CT molecular complexity index is 403. The molecule has 0 saturated heterocycles. The minimum absolute atomic E-state index is 0.0669. The zero-order chi connectivity index (χ0) is 8.55. The monoisotopic (exact) mass is 178 g/mol. The standard InChI is InChI=1S/C9H6O2S/c10-6-12-5-8(11)7-3-1-2-4-9(7)12/h1-4H,5H2. The third kappa shape index (κ3) is 0.951. The van der Waals surface area contributed by atoms with Gasteiger partial charge in [-0.15, -0.1) is 0 Å². The van der Waals surface area contributed by atoms with Crippen molar-refractivity contribution in [3.05, 3.63) is 29.8 Å². The second kappa shape index (κ2) is 2.70. The Morgan fingerprint density at radius 3 is 2.83 bits per heavy atom. The lowest BCUT2D eigenvalue weighted by Crippen LogP contribution is -1.93. The molecule has 0 spiro atoms. The smallest absolute Gasteiger partial charge is 0.174 e. The molecule has 1 aliphatic rings. The number of benzene rings is 1. The van der Waals surface area contributed by atoms with Gasteiger partial charge in [-0.3, -0.25) is 4.79 Å². The van der Waals surface area contributed by atoms with E-state index in [4.69, 9.17) is 0 Å². The topological polar surface area (TPSA) is 34.1 Å². The summed E-state index contributed by atoms with van der Waals surface area (Å²) in [6.45, 7) is 0. The van der Waals surface area contributed by atoms with Crippen molar-refractivity contribution in [2.75, 3.05) is 5.75 Å². The summed E-state index contributed by atoms with van der Waals surface area (Å²) in [4.78, 5) is 22.6. The van der Waals surface area contributed by atoms with Crippen LogP contribution >= 0.6 is 10.5 Å². The Morgan fingerprint density at radius 2 is 2.08 bits per heavy atom. The molecule has 1 atom stereocenters. The van der Waals surface area contributed by atoms with E-state index in [0.29, 0.717) is 11.3 Å². The van der Waals surface area contributed by atoms with Gasteiger partial charge in [-0.1, -0.05) is 28.7 Å². The molecule has 2 nitrogen and oxygen atoms in total. The van der Waals surface area contributed by atoms with E-state index in [-0.39, 0.29) is 5.78 Å². The van der Waals surface area contributed by atoms with Gasteiger partial charge in [0.05, 0.1) is 5.75 Å². The Kier molecular flexibility index (Phi) is 1.68. The van der Waals surface area contributed by atoms with Gasteiger partial charge in [0, 0.05) is 10.5 Å². The van der Waals surface area contributed by atoms with Crippen molar-refractivity contribution >= 4 is 21.5 Å². The molecule has 0 aliphatic carbocycles. The van der Waals surface area contributed by atoms with Crippen molar-refractivity contribution in [1.82, 2.24) is 0 Å². The van der Waals surface area contributed by atoms with E-state index in [1.165, 1.54) is 0 Å². The maximum absolute atomic E-state index is 11.3. The van der Waals surface area contributed by atoms with E-state index < -0.39 is 10.5 Å². The van der Waals surface area contributed by atoms with Gasteiger partial charge in [-0.2, -0.15) is 0 Å². The van der Waals surface area contributed by atoms with Crippen LogP contribution in [0.2, 0.25) is 0 Å². The third-order valence-electron chi connectivity index (χ3n) is 1.83. The Morgan fingerprint density at radius 1 is 1.33 bits per heavy atom. The summed E-state index contributed by atoms with van der Waals surface area (Å²) in [5.41, 5.74) is 0.698. The fourth-order valence-corrected chi connectivity index (χ4v) is 2.68. The molecule has 0 aromatic heterocycles. The average Bonchev–Trinajstić information content (AvgIpc) is 2.44. The maximum atomic E-state index is 11.3. The largest absolute Gasteiger partial charge is 0.293 e. The molecule has 0 saturated carbocycles. The van der Waals surface area contributed by atoms with Gasteiger partial charge in [0.15, 0.2) is 11.0 Å². The molecule has 1 aromatic carbocycles. The van der Waals surface area contributed by atoms with Crippen LogP contribution in [0.15, 0.2) is 29.2 Å². The SMILES string of the molecule is O=C=S1CC(=O)c2ccccc21. The molecule has 1 heterocycles. The predicted molar refractivity (Wildman–Crippen MR) is 47.2 cm³/mol. The van der Waals surface area contributed by atoms with E-state index in [0.717, 1.165) is 4.90 Å². The summed E-state index contributed by atoms with van der Waals surface area (Å²) >= 11 is 0. The molecule has 1 unspecified atom stereocenters. The minimum atomic E-state index is -0.594. The Balaban J connectivity index is 2.73. The van der Waals surface area contributed by atoms with Crippen molar-refractivity contribution < 1.29 is 9.59 Å². The van der Waals surface area contributed by atoms with E-state index in [2.05, 4.69) is 0 Å². The zero-order valence-electron chi connectivity index (χ0n) is 6.24. The lowest BCUT2D eigenvalue weighted by Gasteiger charge is -1.93. The molecular formula is C9H6O2S. The highest BCUT2D eigenvalue weighted by atomic mass is 32.2. The van der Waals surface area contributed by atoms with Gasteiger partial charge >= 0.3 is 0 Å². The van der Waals surface area contributed by atoms with Gasteiger partial charge in [-0.25, -0.2) is 4.79 Å². The van der Waals surface area contributed by atoms with Crippen LogP contribution in [-0.4, -0.2) is 16.8 Å². The average molecular weight is 178 g/mol.